The molecule has 0 radical (unpaired) electrons. The molecular weight excluding hydrogens is 1530 g/mol. The molecule has 2 aromatic carbocycles. The quantitative estimate of drug-likeness (QED) is 0.0331. The van der Waals surface area contributed by atoms with Gasteiger partial charge in [-0.3, -0.25) is 71.9 Å². The highest BCUT2D eigenvalue weighted by Gasteiger charge is 2.32. The molecule has 2 rings (SSSR count). The van der Waals surface area contributed by atoms with Gasteiger partial charge in [0.15, 0.2) is 0 Å². The van der Waals surface area contributed by atoms with Gasteiger partial charge in [-0.2, -0.15) is 12.6 Å². The van der Waals surface area contributed by atoms with E-state index in [0.717, 1.165) is 11.1 Å². The molecule has 0 aliphatic rings. The van der Waals surface area contributed by atoms with Crippen LogP contribution in [0.5, 0.6) is 0 Å². The van der Waals surface area contributed by atoms with Gasteiger partial charge >= 0.3 is 17.9 Å². The molecule has 21 N–H and O–H groups in total. The fraction of sp³-hybridized carbons (Fsp3) is 0.675. The Morgan fingerprint density at radius 2 is 0.615 bits per heavy atom. The van der Waals surface area contributed by atoms with Gasteiger partial charge in [0.05, 0.1) is 19.3 Å². The van der Waals surface area contributed by atoms with Crippen molar-refractivity contribution in [2.24, 2.45) is 40.9 Å². The van der Waals surface area contributed by atoms with E-state index in [4.69, 9.17) is 17.2 Å². The molecule has 0 saturated carbocycles. The Morgan fingerprint density at radius 3 is 0.974 bits per heavy atom. The minimum Gasteiger partial charge on any atom is -0.481 e. The third kappa shape index (κ3) is 50.2. The van der Waals surface area contributed by atoms with Crippen LogP contribution in [0.15, 0.2) is 60.7 Å². The normalized spacial score (nSPS) is 14.7. The number of thiol groups is 1. The van der Waals surface area contributed by atoms with Crippen LogP contribution in [0.25, 0.3) is 0 Å². The molecule has 33 nitrogen and oxygen atoms in total. The number of nitrogens with one attached hydrogen (secondary N) is 12. The zero-order valence-electron chi connectivity index (χ0n) is 70.2. The summed E-state index contributed by atoms with van der Waals surface area (Å²) < 4.78 is 0. The van der Waals surface area contributed by atoms with Crippen LogP contribution >= 0.6 is 12.6 Å². The van der Waals surface area contributed by atoms with Gasteiger partial charge in [0, 0.05) is 161 Å². The van der Waals surface area contributed by atoms with Gasteiger partial charge < -0.3 is 96.3 Å². The smallest absolute Gasteiger partial charge is 0.305 e. The number of amides is 12. The highest BCUT2D eigenvalue weighted by atomic mass is 32.1. The Balaban J connectivity index is 2.25. The first kappa shape index (κ1) is 104. The maximum atomic E-state index is 14.2. The van der Waals surface area contributed by atoms with Crippen LogP contribution in [-0.2, 0) is 84.8 Å². The summed E-state index contributed by atoms with van der Waals surface area (Å²) in [7, 11) is 0. The van der Waals surface area contributed by atoms with E-state index >= 15 is 0 Å². The van der Waals surface area contributed by atoms with Crippen molar-refractivity contribution in [1.82, 2.24) is 63.8 Å². The number of rotatable bonds is 62. The van der Waals surface area contributed by atoms with Crippen molar-refractivity contribution in [1.29, 1.82) is 0 Å². The minimum absolute atomic E-state index is 0.00190. The lowest BCUT2D eigenvalue weighted by atomic mass is 9.95. The van der Waals surface area contributed by atoms with Crippen molar-refractivity contribution in [3.8, 4) is 0 Å². The molecule has 0 aliphatic heterocycles. The molecule has 2 aromatic rings. The third-order valence-corrected chi connectivity index (χ3v) is 20.0. The zero-order chi connectivity index (χ0) is 87.7. The maximum Gasteiger partial charge on any atom is 0.305 e. The minimum atomic E-state index is -1.32. The largest absolute Gasteiger partial charge is 0.481 e. The monoisotopic (exact) mass is 1660 g/mol. The number of aliphatic carboxylic acids is 3. The van der Waals surface area contributed by atoms with Crippen molar-refractivity contribution in [3.05, 3.63) is 71.8 Å². The van der Waals surface area contributed by atoms with Gasteiger partial charge in [-0.15, -0.1) is 0 Å². The average Bonchev–Trinajstić information content (AvgIpc) is 0.884. The average molecular weight is 1670 g/mol. The lowest BCUT2D eigenvalue weighted by molar-refractivity contribution is -0.141. The number of carboxylic acids is 3. The number of benzene rings is 2. The van der Waals surface area contributed by atoms with Crippen LogP contribution in [0.1, 0.15) is 234 Å². The number of carbonyl (C=O) groups is 15. The Morgan fingerprint density at radius 1 is 0.333 bits per heavy atom. The molecule has 13 atom stereocenters. The Kier molecular flexibility index (Phi) is 51.2. The van der Waals surface area contributed by atoms with E-state index in [1.807, 2.05) is 71.9 Å². The fourth-order valence-corrected chi connectivity index (χ4v) is 13.9. The summed E-state index contributed by atoms with van der Waals surface area (Å²) in [6, 6.07) is 8.20. The third-order valence-electron chi connectivity index (χ3n) is 19.5. The highest BCUT2D eigenvalue weighted by Crippen LogP contribution is 2.19. The predicted octanol–water partition coefficient (Wildman–Crippen LogP) is 3.74. The van der Waals surface area contributed by atoms with Gasteiger partial charge in [0.2, 0.25) is 70.9 Å². The molecule has 0 spiro atoms. The zero-order valence-corrected chi connectivity index (χ0v) is 71.1. The van der Waals surface area contributed by atoms with E-state index in [0.29, 0.717) is 76.6 Å². The number of hydrogen-bond donors (Lipinski definition) is 19. The Bertz CT molecular complexity index is 3420. The summed E-state index contributed by atoms with van der Waals surface area (Å²) >= 11 is 4.12. The lowest BCUT2D eigenvalue weighted by Crippen LogP contribution is -2.49. The van der Waals surface area contributed by atoms with Crippen molar-refractivity contribution >= 4 is 101 Å². The SMILES string of the molecule is CC[C@H](C)[C@@H](CC(=O)NC(CC(=O)O)CC(=O)O)NC(=O)C[C@H](C)NC(=O)C[C@H](CCCCN)NC(=O)C[C@H](Cc1ccccc1)NC(=O)C[C@@H](NC(=O)C[C@H](CC(=O)O)NC(=O)C[C@H](Cc1ccccc1)NC(=O)C[C@H](CC(C)C)NC(=O)C[C@H](CCCCN)NC(=O)C[C@H](CC(C)C)NC(=O)C[C@H](C)NC(=O)C[C@@H](N)CS)C(C)C. The van der Waals surface area contributed by atoms with Crippen molar-refractivity contribution in [3.63, 3.8) is 0 Å². The molecular formula is C83H137N15O18S. The fourth-order valence-electron chi connectivity index (χ4n) is 13.7. The summed E-state index contributed by atoms with van der Waals surface area (Å²) in [6.07, 6.45) is 0.534. The van der Waals surface area contributed by atoms with Crippen molar-refractivity contribution < 1.29 is 87.2 Å². The van der Waals surface area contributed by atoms with Gasteiger partial charge in [0.1, 0.15) is 0 Å². The van der Waals surface area contributed by atoms with Gasteiger partial charge in [-0.05, 0) is 113 Å². The lowest BCUT2D eigenvalue weighted by Gasteiger charge is -2.26. The first-order valence-electron chi connectivity index (χ1n) is 41.3. The summed E-state index contributed by atoms with van der Waals surface area (Å²) in [5.74, 6) is -10.1. The maximum absolute atomic E-state index is 14.2. The molecule has 0 fully saturated rings. The molecule has 0 bridgehead atoms. The molecule has 0 saturated heterocycles. The second kappa shape index (κ2) is 57.7. The van der Waals surface area contributed by atoms with Crippen LogP contribution in [0, 0.1) is 23.7 Å². The summed E-state index contributed by atoms with van der Waals surface area (Å²) in [6.45, 7) is 19.0. The van der Waals surface area contributed by atoms with Crippen molar-refractivity contribution in [2.75, 3.05) is 18.8 Å². The molecule has 117 heavy (non-hydrogen) atoms. The standard InChI is InChI=1S/C83H137N15O18S/c1-11-53(8)68(48-80(110)96-66(45-82(113)114)46-83(115)116)98-70(100)33-55(10)88-72(102)37-59(26-18-20-28-84)89-75(105)41-64(35-57-24-16-13-17-25-57)94-79(109)47-67(52(6)7)97-78(108)43-65(44-81(111)112)95-77(107)42-63(34-56-22-14-12-15-23-56)93-76(106)40-62(31-51(4)5)92-73(103)38-60(27-19-21-29-85)90-74(104)39-61(30-50(2)3)91-69(99)32-54(9)87-71(101)36-58(86)49-117/h12-17,22-25,50-55,58-68,117H,11,18-21,26-49,84-86H2,1-10H3,(H,87,101)(H,88,102)(H,89,105)(H,90,104)(H,91,99)(H,92,103)(H,93,106)(H,94,109)(H,95,107)(H,96,110)(H,97,108)(H,98,100)(H,111,112)(H,113,114)(H,115,116)/t53-,54-,55-,58+,59-,60-,61-,62-,63-,64-,65+,67+,68+/m0/s1. The van der Waals surface area contributed by atoms with Crippen LogP contribution in [0.3, 0.4) is 0 Å². The van der Waals surface area contributed by atoms with Gasteiger partial charge in [-0.1, -0.05) is 135 Å². The summed E-state index contributed by atoms with van der Waals surface area (Å²) in [5.41, 5.74) is 19.1. The van der Waals surface area contributed by atoms with E-state index in [1.54, 1.807) is 58.0 Å². The highest BCUT2D eigenvalue weighted by molar-refractivity contribution is 7.80. The van der Waals surface area contributed by atoms with E-state index in [9.17, 15) is 87.2 Å². The molecule has 658 valence electrons. The second-order valence-corrected chi connectivity index (χ2v) is 32.8. The summed E-state index contributed by atoms with van der Waals surface area (Å²) in [5, 5.41) is 62.8. The van der Waals surface area contributed by atoms with E-state index in [1.165, 1.54) is 0 Å². The Hall–Kier alpha value is -9.28. The van der Waals surface area contributed by atoms with E-state index in [-0.39, 0.29) is 125 Å². The van der Waals surface area contributed by atoms with E-state index in [2.05, 4.69) is 76.4 Å². The molecule has 0 unspecified atom stereocenters. The van der Waals surface area contributed by atoms with E-state index < -0.39 is 175 Å². The number of unbranched alkanes of at least 4 members (excludes halogenated alkanes) is 2. The number of hydrogen-bond acceptors (Lipinski definition) is 19. The number of carbonyl (C=O) groups excluding carboxylic acids is 12. The second-order valence-electron chi connectivity index (χ2n) is 32.4. The first-order chi connectivity index (χ1) is 55.2. The summed E-state index contributed by atoms with van der Waals surface area (Å²) in [4.78, 5) is 199. The number of carboxylic acid groups (broad SMARTS) is 3. The Labute approximate surface area is 695 Å². The first-order valence-corrected chi connectivity index (χ1v) is 41.9. The molecule has 0 heterocycles. The molecule has 0 aromatic heterocycles. The van der Waals surface area contributed by atoms with Gasteiger partial charge in [0.25, 0.3) is 0 Å². The van der Waals surface area contributed by atoms with Crippen LogP contribution in [0.4, 0.5) is 0 Å². The van der Waals surface area contributed by atoms with Crippen LogP contribution in [-0.4, -0.2) is 201 Å². The van der Waals surface area contributed by atoms with Crippen LogP contribution in [0.2, 0.25) is 0 Å². The topological polar surface area (TPSA) is 539 Å². The predicted molar refractivity (Wildman–Crippen MR) is 448 cm³/mol. The molecule has 0 aliphatic carbocycles. The van der Waals surface area contributed by atoms with Gasteiger partial charge in [-0.25, -0.2) is 0 Å². The van der Waals surface area contributed by atoms with Crippen LogP contribution < -0.4 is 81.0 Å². The number of nitrogens with two attached hydrogens (primary N) is 3. The molecule has 12 amide bonds. The molecule has 34 heteroatoms. The van der Waals surface area contributed by atoms with Crippen molar-refractivity contribution in [2.45, 2.75) is 315 Å².